The Morgan fingerprint density at radius 2 is 1.79 bits per heavy atom. The van der Waals surface area contributed by atoms with E-state index in [2.05, 4.69) is 13.0 Å². The average Bonchev–Trinajstić information content (AvgIpc) is 2.30. The van der Waals surface area contributed by atoms with Crippen LogP contribution in [0.5, 0.6) is 0 Å². The summed E-state index contributed by atoms with van der Waals surface area (Å²) in [6.07, 6.45) is 2.02. The van der Waals surface area contributed by atoms with Crippen molar-refractivity contribution >= 4 is 0 Å². The SMILES string of the molecule is CC.CCCC(C#N)c1ccccc1. The normalized spacial score (nSPS) is 10.7. The van der Waals surface area contributed by atoms with E-state index in [9.17, 15) is 0 Å². The minimum atomic E-state index is 0.0798. The number of benzene rings is 1. The molecule has 0 aliphatic rings. The molecule has 1 heteroatoms. The summed E-state index contributed by atoms with van der Waals surface area (Å²) >= 11 is 0. The maximum atomic E-state index is 8.86. The van der Waals surface area contributed by atoms with Gasteiger partial charge in [-0.1, -0.05) is 57.5 Å². The molecular formula is C13H19N. The van der Waals surface area contributed by atoms with Gasteiger partial charge in [-0.15, -0.1) is 0 Å². The Balaban J connectivity index is 0.000000791. The first-order valence-electron chi connectivity index (χ1n) is 5.33. The molecule has 0 aliphatic heterocycles. The van der Waals surface area contributed by atoms with E-state index in [4.69, 9.17) is 5.26 Å². The third-order valence-corrected chi connectivity index (χ3v) is 1.94. The van der Waals surface area contributed by atoms with Crippen molar-refractivity contribution in [2.24, 2.45) is 0 Å². The standard InChI is InChI=1S/C11H13N.C2H6/c1-2-6-11(9-12)10-7-4-3-5-8-10;1-2/h3-5,7-8,11H,2,6H2,1H3;1-2H3. The number of nitriles is 1. The van der Waals surface area contributed by atoms with Crippen LogP contribution in [-0.4, -0.2) is 0 Å². The van der Waals surface area contributed by atoms with Crippen LogP contribution in [0.25, 0.3) is 0 Å². The van der Waals surface area contributed by atoms with Gasteiger partial charge in [0.05, 0.1) is 12.0 Å². The second kappa shape index (κ2) is 8.31. The highest BCUT2D eigenvalue weighted by atomic mass is 14.3. The Hall–Kier alpha value is -1.29. The number of hydrogen-bond donors (Lipinski definition) is 0. The lowest BCUT2D eigenvalue weighted by Crippen LogP contribution is -1.93. The molecule has 76 valence electrons. The van der Waals surface area contributed by atoms with Gasteiger partial charge in [0.15, 0.2) is 0 Å². The Bertz CT molecular complexity index is 258. The predicted octanol–water partition coefficient (Wildman–Crippen LogP) is 4.12. The first-order chi connectivity index (χ1) is 6.88. The van der Waals surface area contributed by atoms with Crippen molar-refractivity contribution in [3.8, 4) is 6.07 Å². The van der Waals surface area contributed by atoms with Gasteiger partial charge in [0.2, 0.25) is 0 Å². The van der Waals surface area contributed by atoms with Gasteiger partial charge in [0.1, 0.15) is 0 Å². The highest BCUT2D eigenvalue weighted by Gasteiger charge is 2.07. The molecule has 1 aromatic rings. The van der Waals surface area contributed by atoms with Crippen molar-refractivity contribution in [2.75, 3.05) is 0 Å². The predicted molar refractivity (Wildman–Crippen MR) is 61.1 cm³/mol. The van der Waals surface area contributed by atoms with Crippen LogP contribution in [0.3, 0.4) is 0 Å². The van der Waals surface area contributed by atoms with Crippen LogP contribution < -0.4 is 0 Å². The smallest absolute Gasteiger partial charge is 0.0712 e. The van der Waals surface area contributed by atoms with Crippen molar-refractivity contribution in [1.29, 1.82) is 5.26 Å². The summed E-state index contributed by atoms with van der Waals surface area (Å²) in [5.41, 5.74) is 1.14. The zero-order valence-corrected chi connectivity index (χ0v) is 9.33. The first kappa shape index (κ1) is 12.7. The van der Waals surface area contributed by atoms with E-state index in [1.165, 1.54) is 0 Å². The van der Waals surface area contributed by atoms with E-state index >= 15 is 0 Å². The zero-order chi connectivity index (χ0) is 10.8. The molecule has 14 heavy (non-hydrogen) atoms. The van der Waals surface area contributed by atoms with Crippen molar-refractivity contribution in [3.63, 3.8) is 0 Å². The lowest BCUT2D eigenvalue weighted by molar-refractivity contribution is 0.727. The monoisotopic (exact) mass is 189 g/mol. The van der Waals surface area contributed by atoms with Gasteiger partial charge in [0, 0.05) is 0 Å². The van der Waals surface area contributed by atoms with Gasteiger partial charge in [-0.2, -0.15) is 5.26 Å². The first-order valence-corrected chi connectivity index (χ1v) is 5.33. The van der Waals surface area contributed by atoms with Crippen molar-refractivity contribution in [1.82, 2.24) is 0 Å². The largest absolute Gasteiger partial charge is 0.198 e. The third kappa shape index (κ3) is 4.09. The third-order valence-electron chi connectivity index (χ3n) is 1.94. The average molecular weight is 189 g/mol. The lowest BCUT2D eigenvalue weighted by Gasteiger charge is -2.06. The van der Waals surface area contributed by atoms with Gasteiger partial charge < -0.3 is 0 Å². The fraction of sp³-hybridized carbons (Fsp3) is 0.462. The minimum absolute atomic E-state index is 0.0798. The summed E-state index contributed by atoms with van der Waals surface area (Å²) < 4.78 is 0. The van der Waals surface area contributed by atoms with Gasteiger partial charge in [-0.25, -0.2) is 0 Å². The molecule has 0 saturated heterocycles. The summed E-state index contributed by atoms with van der Waals surface area (Å²) in [7, 11) is 0. The topological polar surface area (TPSA) is 23.8 Å². The highest BCUT2D eigenvalue weighted by molar-refractivity contribution is 5.24. The minimum Gasteiger partial charge on any atom is -0.198 e. The summed E-state index contributed by atoms with van der Waals surface area (Å²) in [6.45, 7) is 6.10. The van der Waals surface area contributed by atoms with Gasteiger partial charge in [-0.05, 0) is 12.0 Å². The molecule has 1 unspecified atom stereocenters. The van der Waals surface area contributed by atoms with E-state index in [1.54, 1.807) is 0 Å². The van der Waals surface area contributed by atoms with E-state index in [0.29, 0.717) is 0 Å². The zero-order valence-electron chi connectivity index (χ0n) is 9.33. The molecule has 0 aliphatic carbocycles. The van der Waals surface area contributed by atoms with Crippen LogP contribution in [0.4, 0.5) is 0 Å². The van der Waals surface area contributed by atoms with Crippen molar-refractivity contribution in [3.05, 3.63) is 35.9 Å². The Labute approximate surface area is 87.4 Å². The molecule has 0 heterocycles. The summed E-state index contributed by atoms with van der Waals surface area (Å²) in [6, 6.07) is 12.3. The Morgan fingerprint density at radius 1 is 1.21 bits per heavy atom. The molecule has 0 saturated carbocycles. The number of nitrogens with zero attached hydrogens (tertiary/aromatic N) is 1. The summed E-state index contributed by atoms with van der Waals surface area (Å²) in [4.78, 5) is 0. The van der Waals surface area contributed by atoms with Crippen LogP contribution in [0.2, 0.25) is 0 Å². The molecule has 0 N–H and O–H groups in total. The Morgan fingerprint density at radius 3 is 2.21 bits per heavy atom. The van der Waals surface area contributed by atoms with E-state index in [-0.39, 0.29) is 5.92 Å². The molecule has 1 aromatic carbocycles. The highest BCUT2D eigenvalue weighted by Crippen LogP contribution is 2.19. The summed E-state index contributed by atoms with van der Waals surface area (Å²) in [5.74, 6) is 0.0798. The van der Waals surface area contributed by atoms with Gasteiger partial charge >= 0.3 is 0 Å². The number of rotatable bonds is 3. The van der Waals surface area contributed by atoms with Crippen molar-refractivity contribution in [2.45, 2.75) is 39.5 Å². The van der Waals surface area contributed by atoms with E-state index in [1.807, 2.05) is 44.2 Å². The second-order valence-corrected chi connectivity index (χ2v) is 2.88. The van der Waals surface area contributed by atoms with Crippen LogP contribution in [0.1, 0.15) is 45.1 Å². The van der Waals surface area contributed by atoms with Gasteiger partial charge in [-0.3, -0.25) is 0 Å². The fourth-order valence-electron chi connectivity index (χ4n) is 1.28. The second-order valence-electron chi connectivity index (χ2n) is 2.88. The van der Waals surface area contributed by atoms with Crippen LogP contribution >= 0.6 is 0 Å². The van der Waals surface area contributed by atoms with Crippen LogP contribution in [-0.2, 0) is 0 Å². The van der Waals surface area contributed by atoms with Crippen LogP contribution in [0, 0.1) is 11.3 Å². The molecule has 0 aromatic heterocycles. The quantitative estimate of drug-likeness (QED) is 0.701. The maximum absolute atomic E-state index is 8.86. The molecule has 0 spiro atoms. The molecule has 0 radical (unpaired) electrons. The maximum Gasteiger partial charge on any atom is 0.0712 e. The molecule has 0 bridgehead atoms. The van der Waals surface area contributed by atoms with E-state index < -0.39 is 0 Å². The molecular weight excluding hydrogens is 170 g/mol. The van der Waals surface area contributed by atoms with Crippen molar-refractivity contribution < 1.29 is 0 Å². The molecule has 1 rings (SSSR count). The fourth-order valence-corrected chi connectivity index (χ4v) is 1.28. The Kier molecular flexibility index (Phi) is 7.55. The molecule has 0 amide bonds. The van der Waals surface area contributed by atoms with E-state index in [0.717, 1.165) is 18.4 Å². The summed E-state index contributed by atoms with van der Waals surface area (Å²) in [5, 5.41) is 8.86. The molecule has 0 fully saturated rings. The lowest BCUT2D eigenvalue weighted by atomic mass is 9.96. The van der Waals surface area contributed by atoms with Crippen LogP contribution in [0.15, 0.2) is 30.3 Å². The number of hydrogen-bond acceptors (Lipinski definition) is 1. The van der Waals surface area contributed by atoms with Gasteiger partial charge in [0.25, 0.3) is 0 Å². The molecule has 1 atom stereocenters. The molecule has 1 nitrogen and oxygen atoms in total.